The summed E-state index contributed by atoms with van der Waals surface area (Å²) >= 11 is 1.58. The number of hydrogen-bond acceptors (Lipinski definition) is 5. The molecular formula is C19H25N3O2S. The first-order valence-electron chi connectivity index (χ1n) is 8.87. The second-order valence-electron chi connectivity index (χ2n) is 6.09. The monoisotopic (exact) mass is 359 g/mol. The number of hydrogen-bond donors (Lipinski definition) is 0. The van der Waals surface area contributed by atoms with Gasteiger partial charge in [0, 0.05) is 37.1 Å². The van der Waals surface area contributed by atoms with Crippen molar-refractivity contribution in [1.82, 2.24) is 14.8 Å². The molecule has 5 nitrogen and oxygen atoms in total. The normalized spacial score (nSPS) is 15.4. The fraction of sp³-hybridized carbons (Fsp3) is 0.474. The Morgan fingerprint density at radius 1 is 1.16 bits per heavy atom. The minimum absolute atomic E-state index is 0.180. The lowest BCUT2D eigenvalue weighted by Gasteiger charge is -2.34. The molecule has 1 aliphatic rings. The third kappa shape index (κ3) is 4.58. The standard InChI is InChI=1S/C19H25N3O2S/c1-3-21-9-11-22(12-10-21)18(23)13-16-14-25-19(20-16)15-5-7-17(8-6-15)24-4-2/h5-8,14H,3-4,9-13H2,1-2H3. The van der Waals surface area contributed by atoms with Crippen LogP contribution in [0.4, 0.5) is 0 Å². The van der Waals surface area contributed by atoms with Gasteiger partial charge in [-0.05, 0) is 37.7 Å². The number of benzene rings is 1. The van der Waals surface area contributed by atoms with E-state index in [1.54, 1.807) is 11.3 Å². The van der Waals surface area contributed by atoms with E-state index < -0.39 is 0 Å². The third-order valence-electron chi connectivity index (χ3n) is 4.47. The van der Waals surface area contributed by atoms with Crippen LogP contribution in [0.1, 0.15) is 19.5 Å². The van der Waals surface area contributed by atoms with E-state index in [0.29, 0.717) is 13.0 Å². The van der Waals surface area contributed by atoms with Crippen molar-refractivity contribution in [1.29, 1.82) is 0 Å². The number of thiazole rings is 1. The molecule has 2 aromatic rings. The van der Waals surface area contributed by atoms with Crippen LogP contribution in [-0.2, 0) is 11.2 Å². The van der Waals surface area contributed by atoms with Crippen LogP contribution in [-0.4, -0.2) is 60.0 Å². The van der Waals surface area contributed by atoms with Gasteiger partial charge in [-0.3, -0.25) is 4.79 Å². The smallest absolute Gasteiger partial charge is 0.228 e. The number of amides is 1. The molecule has 1 aromatic carbocycles. The Morgan fingerprint density at radius 3 is 2.52 bits per heavy atom. The van der Waals surface area contributed by atoms with Gasteiger partial charge in [-0.1, -0.05) is 6.92 Å². The maximum absolute atomic E-state index is 12.5. The molecule has 0 bridgehead atoms. The van der Waals surface area contributed by atoms with E-state index in [0.717, 1.165) is 54.7 Å². The van der Waals surface area contributed by atoms with E-state index in [2.05, 4.69) is 16.8 Å². The number of ether oxygens (including phenoxy) is 1. The molecule has 0 radical (unpaired) electrons. The predicted molar refractivity (Wildman–Crippen MR) is 101 cm³/mol. The van der Waals surface area contributed by atoms with Gasteiger partial charge in [0.05, 0.1) is 18.7 Å². The summed E-state index contributed by atoms with van der Waals surface area (Å²) in [4.78, 5) is 21.5. The van der Waals surface area contributed by atoms with E-state index in [4.69, 9.17) is 4.74 Å². The summed E-state index contributed by atoms with van der Waals surface area (Å²) in [5, 5.41) is 2.94. The molecule has 1 aromatic heterocycles. The van der Waals surface area contributed by atoms with Gasteiger partial charge in [0.1, 0.15) is 10.8 Å². The number of likely N-dealkylation sites (N-methyl/N-ethyl adjacent to an activating group) is 1. The largest absolute Gasteiger partial charge is 0.494 e. The highest BCUT2D eigenvalue weighted by atomic mass is 32.1. The fourth-order valence-corrected chi connectivity index (χ4v) is 3.79. The number of rotatable bonds is 6. The van der Waals surface area contributed by atoms with Crippen molar-refractivity contribution in [2.45, 2.75) is 20.3 Å². The summed E-state index contributed by atoms with van der Waals surface area (Å²) < 4.78 is 5.47. The molecule has 2 heterocycles. The molecule has 1 aliphatic heterocycles. The van der Waals surface area contributed by atoms with Crippen molar-refractivity contribution in [3.63, 3.8) is 0 Å². The summed E-state index contributed by atoms with van der Waals surface area (Å²) in [6.07, 6.45) is 0.389. The van der Waals surface area contributed by atoms with Crippen molar-refractivity contribution in [3.05, 3.63) is 35.3 Å². The van der Waals surface area contributed by atoms with Crippen LogP contribution in [0, 0.1) is 0 Å². The van der Waals surface area contributed by atoms with E-state index >= 15 is 0 Å². The van der Waals surface area contributed by atoms with E-state index in [9.17, 15) is 4.79 Å². The van der Waals surface area contributed by atoms with Gasteiger partial charge in [0.15, 0.2) is 0 Å². The molecule has 0 atom stereocenters. The number of carbonyl (C=O) groups excluding carboxylic acids is 1. The van der Waals surface area contributed by atoms with Crippen LogP contribution in [0.3, 0.4) is 0 Å². The minimum atomic E-state index is 0.180. The molecule has 1 fully saturated rings. The Morgan fingerprint density at radius 2 is 1.88 bits per heavy atom. The van der Waals surface area contributed by atoms with Gasteiger partial charge in [0.25, 0.3) is 0 Å². The van der Waals surface area contributed by atoms with Gasteiger partial charge >= 0.3 is 0 Å². The molecule has 3 rings (SSSR count). The summed E-state index contributed by atoms with van der Waals surface area (Å²) in [5.41, 5.74) is 1.92. The average Bonchev–Trinajstić information content (AvgIpc) is 3.11. The van der Waals surface area contributed by atoms with Crippen molar-refractivity contribution >= 4 is 17.2 Å². The summed E-state index contributed by atoms with van der Waals surface area (Å²) in [7, 11) is 0. The van der Waals surface area contributed by atoms with Crippen LogP contribution >= 0.6 is 11.3 Å². The fourth-order valence-electron chi connectivity index (χ4n) is 2.96. The van der Waals surface area contributed by atoms with Crippen molar-refractivity contribution in [2.24, 2.45) is 0 Å². The summed E-state index contributed by atoms with van der Waals surface area (Å²) in [6.45, 7) is 9.43. The van der Waals surface area contributed by atoms with Gasteiger partial charge in [-0.15, -0.1) is 11.3 Å². The Hall–Kier alpha value is -1.92. The van der Waals surface area contributed by atoms with Crippen molar-refractivity contribution in [2.75, 3.05) is 39.3 Å². The Labute approximate surface area is 153 Å². The second-order valence-corrected chi connectivity index (χ2v) is 6.95. The predicted octanol–water partition coefficient (Wildman–Crippen LogP) is 2.92. The summed E-state index contributed by atoms with van der Waals surface area (Å²) in [6, 6.07) is 7.94. The highest BCUT2D eigenvalue weighted by molar-refractivity contribution is 7.13. The second kappa shape index (κ2) is 8.45. The molecule has 1 saturated heterocycles. The molecule has 0 aliphatic carbocycles. The van der Waals surface area contributed by atoms with Gasteiger partial charge in [0.2, 0.25) is 5.91 Å². The van der Waals surface area contributed by atoms with E-state index in [1.165, 1.54) is 0 Å². The molecule has 0 unspecified atom stereocenters. The van der Waals surface area contributed by atoms with Crippen LogP contribution in [0.2, 0.25) is 0 Å². The molecule has 134 valence electrons. The maximum Gasteiger partial charge on any atom is 0.228 e. The third-order valence-corrected chi connectivity index (χ3v) is 5.41. The molecule has 6 heteroatoms. The Bertz CT molecular complexity index is 691. The average molecular weight is 359 g/mol. The molecule has 1 amide bonds. The zero-order valence-electron chi connectivity index (χ0n) is 14.9. The minimum Gasteiger partial charge on any atom is -0.494 e. The molecule has 0 N–H and O–H groups in total. The SMILES string of the molecule is CCOc1ccc(-c2nc(CC(=O)N3CCN(CC)CC3)cs2)cc1. The Kier molecular flexibility index (Phi) is 6.04. The molecule has 0 saturated carbocycles. The number of nitrogens with zero attached hydrogens (tertiary/aromatic N) is 3. The van der Waals surface area contributed by atoms with Gasteiger partial charge in [-0.25, -0.2) is 4.98 Å². The number of carbonyl (C=O) groups is 1. The van der Waals surface area contributed by atoms with Gasteiger partial charge in [-0.2, -0.15) is 0 Å². The highest BCUT2D eigenvalue weighted by Crippen LogP contribution is 2.26. The molecule has 25 heavy (non-hydrogen) atoms. The topological polar surface area (TPSA) is 45.7 Å². The zero-order chi connectivity index (χ0) is 17.6. The van der Waals surface area contributed by atoms with Crippen LogP contribution in [0.25, 0.3) is 10.6 Å². The van der Waals surface area contributed by atoms with Gasteiger partial charge < -0.3 is 14.5 Å². The first kappa shape index (κ1) is 17.9. The molecule has 0 spiro atoms. The highest BCUT2D eigenvalue weighted by Gasteiger charge is 2.21. The van der Waals surface area contributed by atoms with Crippen LogP contribution < -0.4 is 4.74 Å². The van der Waals surface area contributed by atoms with Crippen LogP contribution in [0.15, 0.2) is 29.6 Å². The first-order chi connectivity index (χ1) is 12.2. The van der Waals surface area contributed by atoms with Crippen molar-refractivity contribution in [3.8, 4) is 16.3 Å². The van der Waals surface area contributed by atoms with Crippen molar-refractivity contribution < 1.29 is 9.53 Å². The number of aromatic nitrogens is 1. The lowest BCUT2D eigenvalue weighted by atomic mass is 10.2. The molecular weight excluding hydrogens is 334 g/mol. The zero-order valence-corrected chi connectivity index (χ0v) is 15.7. The quantitative estimate of drug-likeness (QED) is 0.796. The van der Waals surface area contributed by atoms with E-state index in [-0.39, 0.29) is 5.91 Å². The summed E-state index contributed by atoms with van der Waals surface area (Å²) in [5.74, 6) is 1.05. The first-order valence-corrected chi connectivity index (χ1v) is 9.75. The lowest BCUT2D eigenvalue weighted by molar-refractivity contribution is -0.132. The maximum atomic E-state index is 12.5. The number of piperazine rings is 1. The lowest BCUT2D eigenvalue weighted by Crippen LogP contribution is -2.48. The van der Waals surface area contributed by atoms with Crippen LogP contribution in [0.5, 0.6) is 5.75 Å². The van der Waals surface area contributed by atoms with E-state index in [1.807, 2.05) is 41.5 Å². The Balaban J connectivity index is 1.59.